The van der Waals surface area contributed by atoms with Crippen molar-refractivity contribution in [1.82, 2.24) is 9.36 Å². The van der Waals surface area contributed by atoms with Gasteiger partial charge in [-0.1, -0.05) is 23.8 Å². The van der Waals surface area contributed by atoms with Gasteiger partial charge in [0, 0.05) is 17.1 Å². The zero-order valence-corrected chi connectivity index (χ0v) is 8.93. The number of hydrogen-bond acceptors (Lipinski definition) is 4. The van der Waals surface area contributed by atoms with Crippen LogP contribution in [0.5, 0.6) is 0 Å². The maximum atomic E-state index is 5.54. The minimum atomic E-state index is 0.514. The largest absolute Gasteiger partial charge is 0.374 e. The molecule has 0 atom stereocenters. The van der Waals surface area contributed by atoms with Gasteiger partial charge in [0.05, 0.1) is 0 Å². The van der Waals surface area contributed by atoms with Gasteiger partial charge in [0.15, 0.2) is 11.0 Å². The Hall–Kier alpha value is -1.42. The Kier molecular flexibility index (Phi) is 2.21. The average Bonchev–Trinajstić information content (AvgIpc) is 2.51. The van der Waals surface area contributed by atoms with Crippen molar-refractivity contribution in [1.29, 1.82) is 0 Å². The van der Waals surface area contributed by atoms with E-state index < -0.39 is 0 Å². The highest BCUT2D eigenvalue weighted by Gasteiger charge is 2.06. The van der Waals surface area contributed by atoms with Crippen LogP contribution in [-0.2, 0) is 0 Å². The molecule has 0 bridgehead atoms. The molecule has 2 aromatic rings. The van der Waals surface area contributed by atoms with Crippen molar-refractivity contribution in [3.8, 4) is 11.4 Å². The van der Waals surface area contributed by atoms with Crippen molar-refractivity contribution in [3.63, 3.8) is 0 Å². The molecule has 0 saturated carbocycles. The fourth-order valence-electron chi connectivity index (χ4n) is 1.41. The summed E-state index contributed by atoms with van der Waals surface area (Å²) in [6.45, 7) is 4.12. The van der Waals surface area contributed by atoms with Gasteiger partial charge in [0.1, 0.15) is 0 Å². The summed E-state index contributed by atoms with van der Waals surface area (Å²) >= 11 is 1.23. The summed E-state index contributed by atoms with van der Waals surface area (Å²) in [5, 5.41) is 0.514. The average molecular weight is 205 g/mol. The molecule has 1 heterocycles. The van der Waals surface area contributed by atoms with Crippen LogP contribution in [0.4, 0.5) is 5.13 Å². The summed E-state index contributed by atoms with van der Waals surface area (Å²) in [6, 6.07) is 6.21. The molecule has 2 N–H and O–H groups in total. The molecule has 14 heavy (non-hydrogen) atoms. The summed E-state index contributed by atoms with van der Waals surface area (Å²) in [4.78, 5) is 4.16. The van der Waals surface area contributed by atoms with Crippen LogP contribution in [0.15, 0.2) is 18.2 Å². The van der Waals surface area contributed by atoms with E-state index in [9.17, 15) is 0 Å². The molecule has 1 aromatic heterocycles. The molecule has 0 aliphatic carbocycles. The molecule has 0 aliphatic heterocycles. The first kappa shape index (κ1) is 9.15. The number of rotatable bonds is 1. The van der Waals surface area contributed by atoms with E-state index in [0.29, 0.717) is 5.13 Å². The van der Waals surface area contributed by atoms with Gasteiger partial charge in [0.25, 0.3) is 0 Å². The predicted molar refractivity (Wildman–Crippen MR) is 59.2 cm³/mol. The first-order valence-electron chi connectivity index (χ1n) is 4.33. The third kappa shape index (κ3) is 1.61. The van der Waals surface area contributed by atoms with E-state index in [1.54, 1.807) is 0 Å². The lowest BCUT2D eigenvalue weighted by molar-refractivity contribution is 1.29. The molecular weight excluding hydrogens is 194 g/mol. The van der Waals surface area contributed by atoms with Gasteiger partial charge in [-0.25, -0.2) is 0 Å². The SMILES string of the molecule is Cc1ccc(-c2nsc(N)n2)c(C)c1. The fourth-order valence-corrected chi connectivity index (χ4v) is 1.86. The van der Waals surface area contributed by atoms with Crippen molar-refractivity contribution < 1.29 is 0 Å². The Bertz CT molecular complexity index is 462. The summed E-state index contributed by atoms with van der Waals surface area (Å²) in [7, 11) is 0. The molecule has 1 aromatic carbocycles. The zero-order chi connectivity index (χ0) is 10.1. The standard InChI is InChI=1S/C10H11N3S/c1-6-3-4-8(7(2)5-6)9-12-10(11)14-13-9/h3-5H,1-2H3,(H2,11,12,13). The first-order chi connectivity index (χ1) is 6.66. The second-order valence-electron chi connectivity index (χ2n) is 3.27. The highest BCUT2D eigenvalue weighted by molar-refractivity contribution is 7.09. The lowest BCUT2D eigenvalue weighted by Gasteiger charge is -2.01. The van der Waals surface area contributed by atoms with Gasteiger partial charge < -0.3 is 5.73 Å². The predicted octanol–water partition coefficient (Wildman–Crippen LogP) is 2.40. The van der Waals surface area contributed by atoms with Crippen LogP contribution in [-0.4, -0.2) is 9.36 Å². The van der Waals surface area contributed by atoms with Gasteiger partial charge in [-0.05, 0) is 19.4 Å². The van der Waals surface area contributed by atoms with E-state index in [-0.39, 0.29) is 0 Å². The van der Waals surface area contributed by atoms with Crippen LogP contribution in [0.3, 0.4) is 0 Å². The Balaban J connectivity index is 2.52. The molecule has 0 unspecified atom stereocenters. The monoisotopic (exact) mass is 205 g/mol. The van der Waals surface area contributed by atoms with Gasteiger partial charge in [-0.3, -0.25) is 0 Å². The molecule has 72 valence electrons. The van der Waals surface area contributed by atoms with Crippen LogP contribution in [0.25, 0.3) is 11.4 Å². The minimum absolute atomic E-state index is 0.514. The second-order valence-corrected chi connectivity index (χ2v) is 4.06. The Labute approximate surface area is 86.8 Å². The summed E-state index contributed by atoms with van der Waals surface area (Å²) in [5.74, 6) is 0.727. The smallest absolute Gasteiger partial charge is 0.200 e. The minimum Gasteiger partial charge on any atom is -0.374 e. The maximum Gasteiger partial charge on any atom is 0.200 e. The Morgan fingerprint density at radius 3 is 2.64 bits per heavy atom. The van der Waals surface area contributed by atoms with E-state index in [0.717, 1.165) is 11.4 Å². The molecule has 0 radical (unpaired) electrons. The third-order valence-electron chi connectivity index (χ3n) is 2.06. The van der Waals surface area contributed by atoms with E-state index in [1.165, 1.54) is 22.7 Å². The molecule has 3 nitrogen and oxygen atoms in total. The van der Waals surface area contributed by atoms with Gasteiger partial charge >= 0.3 is 0 Å². The van der Waals surface area contributed by atoms with E-state index >= 15 is 0 Å². The number of hydrogen-bond donors (Lipinski definition) is 1. The Morgan fingerprint density at radius 2 is 2.07 bits per heavy atom. The van der Waals surface area contributed by atoms with Crippen LogP contribution in [0.1, 0.15) is 11.1 Å². The summed E-state index contributed by atoms with van der Waals surface area (Å²) in [6.07, 6.45) is 0. The molecule has 4 heteroatoms. The van der Waals surface area contributed by atoms with Crippen molar-refractivity contribution in [3.05, 3.63) is 29.3 Å². The van der Waals surface area contributed by atoms with Crippen LogP contribution >= 0.6 is 11.5 Å². The van der Waals surface area contributed by atoms with Gasteiger partial charge in [-0.2, -0.15) is 9.36 Å². The number of aryl methyl sites for hydroxylation is 2. The lowest BCUT2D eigenvalue weighted by atomic mass is 10.1. The van der Waals surface area contributed by atoms with E-state index in [4.69, 9.17) is 5.73 Å². The van der Waals surface area contributed by atoms with Gasteiger partial charge in [0.2, 0.25) is 0 Å². The molecule has 0 saturated heterocycles. The van der Waals surface area contributed by atoms with Crippen molar-refractivity contribution in [2.75, 3.05) is 5.73 Å². The van der Waals surface area contributed by atoms with Gasteiger partial charge in [-0.15, -0.1) is 0 Å². The zero-order valence-electron chi connectivity index (χ0n) is 8.11. The summed E-state index contributed by atoms with van der Waals surface area (Å²) < 4.78 is 4.18. The first-order valence-corrected chi connectivity index (χ1v) is 5.11. The van der Waals surface area contributed by atoms with Crippen molar-refractivity contribution in [2.45, 2.75) is 13.8 Å². The molecule has 0 aliphatic rings. The second kappa shape index (κ2) is 3.38. The highest BCUT2D eigenvalue weighted by Crippen LogP contribution is 2.23. The van der Waals surface area contributed by atoms with Crippen molar-refractivity contribution in [2.24, 2.45) is 0 Å². The number of nitrogens with zero attached hydrogens (tertiary/aromatic N) is 2. The van der Waals surface area contributed by atoms with Crippen LogP contribution < -0.4 is 5.73 Å². The van der Waals surface area contributed by atoms with E-state index in [2.05, 4.69) is 35.3 Å². The number of aromatic nitrogens is 2. The maximum absolute atomic E-state index is 5.54. The molecule has 0 fully saturated rings. The molecule has 0 amide bonds. The normalized spacial score (nSPS) is 10.4. The fraction of sp³-hybridized carbons (Fsp3) is 0.200. The number of anilines is 1. The molecule has 0 spiro atoms. The quantitative estimate of drug-likeness (QED) is 0.777. The summed E-state index contributed by atoms with van der Waals surface area (Å²) in [5.41, 5.74) is 9.03. The van der Waals surface area contributed by atoms with Crippen molar-refractivity contribution >= 4 is 16.7 Å². The highest BCUT2D eigenvalue weighted by atomic mass is 32.1. The number of benzene rings is 1. The lowest BCUT2D eigenvalue weighted by Crippen LogP contribution is -1.87. The number of nitrogens with two attached hydrogens (primary N) is 1. The van der Waals surface area contributed by atoms with E-state index in [1.807, 2.05) is 6.07 Å². The Morgan fingerprint density at radius 1 is 1.29 bits per heavy atom. The molecular formula is C10H11N3S. The topological polar surface area (TPSA) is 51.8 Å². The molecule has 2 rings (SSSR count). The third-order valence-corrected chi connectivity index (χ3v) is 2.61. The number of nitrogen functional groups attached to an aromatic ring is 1. The van der Waals surface area contributed by atoms with Crippen LogP contribution in [0.2, 0.25) is 0 Å². The van der Waals surface area contributed by atoms with Crippen LogP contribution in [0, 0.1) is 13.8 Å².